The molecular weight excluding hydrogens is 262 g/mol. The molecule has 0 radical (unpaired) electrons. The lowest BCUT2D eigenvalue weighted by Gasteiger charge is -2.14. The summed E-state index contributed by atoms with van der Waals surface area (Å²) in [6, 6.07) is 2.28. The predicted molar refractivity (Wildman–Crippen MR) is 93.1 cm³/mol. The third-order valence-electron chi connectivity index (χ3n) is 2.98. The highest BCUT2D eigenvalue weighted by molar-refractivity contribution is 6.42. The van der Waals surface area contributed by atoms with Crippen LogP contribution in [0.25, 0.3) is 0 Å². The molecule has 0 fully saturated rings. The maximum absolute atomic E-state index is 5.26. The average Bonchev–Trinajstić information content (AvgIpc) is 2.51. The molecule has 0 aliphatic carbocycles. The van der Waals surface area contributed by atoms with Gasteiger partial charge in [0, 0.05) is 25.3 Å². The number of amidine groups is 2. The SMILES string of the molecule is C#CN=C(N/C=C\C)C(N=C(CC)CCN(C)CC)=NC. The van der Waals surface area contributed by atoms with Gasteiger partial charge in [0.1, 0.15) is 0 Å². The van der Waals surface area contributed by atoms with Crippen molar-refractivity contribution in [3.63, 3.8) is 0 Å². The number of hydrogen-bond acceptors (Lipinski definition) is 3. The molecule has 0 aliphatic rings. The van der Waals surface area contributed by atoms with Crippen molar-refractivity contribution >= 4 is 17.4 Å². The normalized spacial score (nSPS) is 13.9. The summed E-state index contributed by atoms with van der Waals surface area (Å²) in [7, 11) is 3.79. The first-order valence-electron chi connectivity index (χ1n) is 7.25. The van der Waals surface area contributed by atoms with Gasteiger partial charge < -0.3 is 10.2 Å². The minimum Gasteiger partial charge on any atom is -0.343 e. The van der Waals surface area contributed by atoms with Crippen molar-refractivity contribution < 1.29 is 0 Å². The fourth-order valence-corrected chi connectivity index (χ4v) is 1.52. The number of nitrogens with zero attached hydrogens (tertiary/aromatic N) is 4. The topological polar surface area (TPSA) is 52.4 Å². The van der Waals surface area contributed by atoms with Crippen molar-refractivity contribution in [3.8, 4) is 12.5 Å². The molecule has 0 amide bonds. The van der Waals surface area contributed by atoms with Crippen LogP contribution in [0.2, 0.25) is 0 Å². The van der Waals surface area contributed by atoms with E-state index in [1.54, 1.807) is 13.2 Å². The summed E-state index contributed by atoms with van der Waals surface area (Å²) in [5.74, 6) is 1.02. The largest absolute Gasteiger partial charge is 0.343 e. The molecule has 5 heteroatoms. The van der Waals surface area contributed by atoms with E-state index in [-0.39, 0.29) is 0 Å². The van der Waals surface area contributed by atoms with E-state index in [1.807, 2.05) is 13.0 Å². The summed E-state index contributed by atoms with van der Waals surface area (Å²) >= 11 is 0. The molecule has 0 saturated carbocycles. The predicted octanol–water partition coefficient (Wildman–Crippen LogP) is 2.32. The second-order valence-electron chi connectivity index (χ2n) is 4.46. The van der Waals surface area contributed by atoms with Gasteiger partial charge in [-0.25, -0.2) is 4.99 Å². The zero-order valence-electron chi connectivity index (χ0n) is 13.8. The molecule has 0 aromatic rings. The van der Waals surface area contributed by atoms with Crippen LogP contribution in [0.4, 0.5) is 0 Å². The van der Waals surface area contributed by atoms with E-state index < -0.39 is 0 Å². The van der Waals surface area contributed by atoms with Gasteiger partial charge >= 0.3 is 0 Å². The second kappa shape index (κ2) is 11.9. The lowest BCUT2D eigenvalue weighted by Crippen LogP contribution is -2.27. The molecule has 1 N–H and O–H groups in total. The molecule has 0 rings (SSSR count). The van der Waals surface area contributed by atoms with Gasteiger partial charge in [-0.2, -0.15) is 4.99 Å². The minimum atomic E-state index is 0.493. The Balaban J connectivity index is 5.09. The Hall–Kier alpha value is -1.93. The van der Waals surface area contributed by atoms with Gasteiger partial charge in [0.2, 0.25) is 0 Å². The Morgan fingerprint density at radius 3 is 2.57 bits per heavy atom. The van der Waals surface area contributed by atoms with Crippen molar-refractivity contribution in [1.82, 2.24) is 10.2 Å². The quantitative estimate of drug-likeness (QED) is 0.463. The second-order valence-corrected chi connectivity index (χ2v) is 4.46. The van der Waals surface area contributed by atoms with E-state index in [4.69, 9.17) is 6.42 Å². The highest BCUT2D eigenvalue weighted by atomic mass is 15.1. The molecule has 21 heavy (non-hydrogen) atoms. The first kappa shape index (κ1) is 19.1. The number of rotatable bonds is 6. The summed E-state index contributed by atoms with van der Waals surface area (Å²) < 4.78 is 0. The summed E-state index contributed by atoms with van der Waals surface area (Å²) in [5.41, 5.74) is 1.09. The van der Waals surface area contributed by atoms with Crippen molar-refractivity contribution in [2.75, 3.05) is 27.2 Å². The summed E-state index contributed by atoms with van der Waals surface area (Å²) in [5, 5.41) is 3.01. The molecule has 0 bridgehead atoms. The van der Waals surface area contributed by atoms with E-state index in [9.17, 15) is 0 Å². The first-order valence-corrected chi connectivity index (χ1v) is 7.25. The van der Waals surface area contributed by atoms with Crippen molar-refractivity contribution in [2.45, 2.75) is 33.6 Å². The monoisotopic (exact) mass is 289 g/mol. The molecule has 0 atom stereocenters. The van der Waals surface area contributed by atoms with Crippen LogP contribution in [-0.4, -0.2) is 49.5 Å². The van der Waals surface area contributed by atoms with Gasteiger partial charge in [-0.15, -0.1) is 0 Å². The molecule has 0 unspecified atom stereocenters. The van der Waals surface area contributed by atoms with Crippen LogP contribution >= 0.6 is 0 Å². The van der Waals surface area contributed by atoms with Crippen LogP contribution in [-0.2, 0) is 0 Å². The molecule has 0 spiro atoms. The summed E-state index contributed by atoms with van der Waals surface area (Å²) in [6.07, 6.45) is 10.7. The standard InChI is InChI=1S/C16H27N5/c1-7-12-19-16(18-9-3)15(17-5)20-14(8-2)11-13-21(6)10-4/h3,7,12H,8,10-11,13H2,1-2,4-6H3,(H,18,19)/b12-7-,17-15?,20-14?. The molecule has 0 saturated heterocycles. The Bertz CT molecular complexity index is 452. The molecular formula is C16H27N5. The van der Waals surface area contributed by atoms with E-state index in [1.165, 1.54) is 0 Å². The number of hydrogen-bond donors (Lipinski definition) is 1. The Morgan fingerprint density at radius 1 is 1.38 bits per heavy atom. The zero-order valence-corrected chi connectivity index (χ0v) is 13.8. The number of nitrogens with one attached hydrogen (secondary N) is 1. The fourth-order valence-electron chi connectivity index (χ4n) is 1.52. The van der Waals surface area contributed by atoms with E-state index >= 15 is 0 Å². The highest BCUT2D eigenvalue weighted by Crippen LogP contribution is 1.98. The third-order valence-corrected chi connectivity index (χ3v) is 2.98. The maximum atomic E-state index is 5.26. The average molecular weight is 289 g/mol. The highest BCUT2D eigenvalue weighted by Gasteiger charge is 2.08. The van der Waals surface area contributed by atoms with Gasteiger partial charge in [-0.05, 0) is 39.6 Å². The van der Waals surface area contributed by atoms with Gasteiger partial charge in [0.05, 0.1) is 0 Å². The molecule has 0 aromatic carbocycles. The van der Waals surface area contributed by atoms with Gasteiger partial charge in [0.15, 0.2) is 11.7 Å². The summed E-state index contributed by atoms with van der Waals surface area (Å²) in [6.45, 7) is 8.14. The van der Waals surface area contributed by atoms with Gasteiger partial charge in [-0.3, -0.25) is 4.99 Å². The maximum Gasteiger partial charge on any atom is 0.191 e. The smallest absolute Gasteiger partial charge is 0.191 e. The van der Waals surface area contributed by atoms with E-state index in [0.29, 0.717) is 11.7 Å². The lowest BCUT2D eigenvalue weighted by atomic mass is 10.2. The summed E-state index contributed by atoms with van der Waals surface area (Å²) in [4.78, 5) is 15.0. The van der Waals surface area contributed by atoms with Crippen molar-refractivity contribution in [1.29, 1.82) is 0 Å². The van der Waals surface area contributed by atoms with Gasteiger partial charge in [0.25, 0.3) is 0 Å². The van der Waals surface area contributed by atoms with Crippen LogP contribution in [0.3, 0.4) is 0 Å². The number of allylic oxidation sites excluding steroid dienone is 1. The fraction of sp³-hybridized carbons (Fsp3) is 0.562. The first-order chi connectivity index (χ1) is 10.1. The Labute approximate surface area is 129 Å². The molecule has 0 aromatic heterocycles. The van der Waals surface area contributed by atoms with Crippen LogP contribution in [0.1, 0.15) is 33.6 Å². The van der Waals surface area contributed by atoms with Gasteiger partial charge in [-0.1, -0.05) is 26.3 Å². The van der Waals surface area contributed by atoms with Crippen molar-refractivity contribution in [2.24, 2.45) is 15.0 Å². The lowest BCUT2D eigenvalue weighted by molar-refractivity contribution is 0.363. The van der Waals surface area contributed by atoms with E-state index in [2.05, 4.69) is 52.1 Å². The Kier molecular flexibility index (Phi) is 10.8. The van der Waals surface area contributed by atoms with Crippen LogP contribution < -0.4 is 5.32 Å². The van der Waals surface area contributed by atoms with Crippen LogP contribution in [0.5, 0.6) is 0 Å². The molecule has 116 valence electrons. The van der Waals surface area contributed by atoms with E-state index in [0.717, 1.165) is 31.6 Å². The third kappa shape index (κ3) is 8.05. The zero-order chi connectivity index (χ0) is 16.1. The van der Waals surface area contributed by atoms with Crippen molar-refractivity contribution in [3.05, 3.63) is 12.3 Å². The number of aliphatic imine (C=N–C) groups is 3. The number of terminal acetylenes is 1. The Morgan fingerprint density at radius 2 is 2.10 bits per heavy atom. The molecule has 0 aliphatic heterocycles. The van der Waals surface area contributed by atoms with Crippen LogP contribution in [0, 0.1) is 12.5 Å². The van der Waals surface area contributed by atoms with Crippen LogP contribution in [0.15, 0.2) is 27.3 Å². The molecule has 0 heterocycles. The minimum absolute atomic E-state index is 0.493. The molecule has 5 nitrogen and oxygen atoms in total.